The molecule has 2 rings (SSSR count). The summed E-state index contributed by atoms with van der Waals surface area (Å²) in [5, 5.41) is 14.5. The first kappa shape index (κ1) is 13.5. The van der Waals surface area contributed by atoms with E-state index in [2.05, 4.69) is 29.4 Å². The van der Waals surface area contributed by atoms with Gasteiger partial charge in [0.15, 0.2) is 0 Å². The fraction of sp³-hybridized carbons (Fsp3) is 0.385. The van der Waals surface area contributed by atoms with Crippen molar-refractivity contribution in [2.75, 3.05) is 0 Å². The SMILES string of the molecule is Cc1cc(Cl)ccc1-c1nnc(CNC(C)C)s1. The van der Waals surface area contributed by atoms with Crippen molar-refractivity contribution in [2.45, 2.75) is 33.4 Å². The summed E-state index contributed by atoms with van der Waals surface area (Å²) in [5.41, 5.74) is 2.23. The molecule has 0 radical (unpaired) electrons. The molecule has 0 saturated carbocycles. The van der Waals surface area contributed by atoms with E-state index in [0.717, 1.165) is 32.7 Å². The van der Waals surface area contributed by atoms with Crippen LogP contribution in [0.5, 0.6) is 0 Å². The predicted molar refractivity (Wildman–Crippen MR) is 77.1 cm³/mol. The van der Waals surface area contributed by atoms with Crippen molar-refractivity contribution in [1.29, 1.82) is 0 Å². The monoisotopic (exact) mass is 281 g/mol. The van der Waals surface area contributed by atoms with Gasteiger partial charge in [0.25, 0.3) is 0 Å². The molecule has 0 fully saturated rings. The lowest BCUT2D eigenvalue weighted by molar-refractivity contribution is 0.585. The first-order valence-corrected chi connectivity index (χ1v) is 7.08. The Morgan fingerprint density at radius 1 is 1.33 bits per heavy atom. The molecule has 5 heteroatoms. The third kappa shape index (κ3) is 3.28. The number of aromatic nitrogens is 2. The fourth-order valence-corrected chi connectivity index (χ4v) is 2.70. The van der Waals surface area contributed by atoms with Gasteiger partial charge in [0.2, 0.25) is 0 Å². The summed E-state index contributed by atoms with van der Waals surface area (Å²) in [5.74, 6) is 0. The first-order valence-electron chi connectivity index (χ1n) is 5.88. The normalized spacial score (nSPS) is 11.2. The van der Waals surface area contributed by atoms with Gasteiger partial charge in [-0.2, -0.15) is 0 Å². The maximum absolute atomic E-state index is 5.95. The number of benzene rings is 1. The van der Waals surface area contributed by atoms with Gasteiger partial charge in [0.05, 0.1) is 0 Å². The highest BCUT2D eigenvalue weighted by atomic mass is 35.5. The Bertz CT molecular complexity index is 537. The minimum Gasteiger partial charge on any atom is -0.308 e. The molecule has 0 aliphatic heterocycles. The zero-order chi connectivity index (χ0) is 13.1. The van der Waals surface area contributed by atoms with E-state index >= 15 is 0 Å². The number of nitrogens with one attached hydrogen (secondary N) is 1. The average molecular weight is 282 g/mol. The number of halogens is 1. The lowest BCUT2D eigenvalue weighted by Crippen LogP contribution is -2.21. The second-order valence-corrected chi connectivity index (χ2v) is 5.99. The number of hydrogen-bond donors (Lipinski definition) is 1. The van der Waals surface area contributed by atoms with Gasteiger partial charge in [-0.15, -0.1) is 10.2 Å². The van der Waals surface area contributed by atoms with Crippen molar-refractivity contribution in [3.8, 4) is 10.6 Å². The van der Waals surface area contributed by atoms with Crippen LogP contribution in [-0.2, 0) is 6.54 Å². The van der Waals surface area contributed by atoms with Crippen LogP contribution in [0, 0.1) is 6.92 Å². The molecule has 1 N–H and O–H groups in total. The van der Waals surface area contributed by atoms with Crippen LogP contribution < -0.4 is 5.32 Å². The summed E-state index contributed by atoms with van der Waals surface area (Å²) >= 11 is 7.57. The lowest BCUT2D eigenvalue weighted by atomic mass is 10.1. The van der Waals surface area contributed by atoms with Gasteiger partial charge in [0, 0.05) is 23.2 Å². The van der Waals surface area contributed by atoms with Crippen molar-refractivity contribution >= 4 is 22.9 Å². The van der Waals surface area contributed by atoms with Crippen molar-refractivity contribution in [2.24, 2.45) is 0 Å². The zero-order valence-corrected chi connectivity index (χ0v) is 12.3. The van der Waals surface area contributed by atoms with Gasteiger partial charge in [-0.05, 0) is 24.6 Å². The maximum atomic E-state index is 5.95. The summed E-state index contributed by atoms with van der Waals surface area (Å²) in [6, 6.07) is 6.29. The second kappa shape index (κ2) is 5.78. The Morgan fingerprint density at radius 2 is 2.11 bits per heavy atom. The average Bonchev–Trinajstić information content (AvgIpc) is 2.75. The van der Waals surface area contributed by atoms with E-state index in [4.69, 9.17) is 11.6 Å². The van der Waals surface area contributed by atoms with Crippen LogP contribution in [0.3, 0.4) is 0 Å². The van der Waals surface area contributed by atoms with E-state index in [9.17, 15) is 0 Å². The molecule has 0 aliphatic carbocycles. The zero-order valence-electron chi connectivity index (χ0n) is 10.7. The van der Waals surface area contributed by atoms with Gasteiger partial charge in [-0.1, -0.05) is 42.9 Å². The van der Waals surface area contributed by atoms with E-state index in [-0.39, 0.29) is 0 Å². The largest absolute Gasteiger partial charge is 0.308 e. The quantitative estimate of drug-likeness (QED) is 0.929. The Morgan fingerprint density at radius 3 is 2.78 bits per heavy atom. The van der Waals surface area contributed by atoms with E-state index in [1.807, 2.05) is 25.1 Å². The number of rotatable bonds is 4. The van der Waals surface area contributed by atoms with Crippen LogP contribution in [0.4, 0.5) is 0 Å². The van der Waals surface area contributed by atoms with Gasteiger partial charge in [0.1, 0.15) is 10.0 Å². The van der Waals surface area contributed by atoms with Crippen molar-refractivity contribution in [1.82, 2.24) is 15.5 Å². The molecule has 96 valence electrons. The highest BCUT2D eigenvalue weighted by Crippen LogP contribution is 2.28. The maximum Gasteiger partial charge on any atom is 0.148 e. The highest BCUT2D eigenvalue weighted by Gasteiger charge is 2.09. The third-order valence-electron chi connectivity index (χ3n) is 2.55. The second-order valence-electron chi connectivity index (χ2n) is 4.50. The molecule has 0 atom stereocenters. The highest BCUT2D eigenvalue weighted by molar-refractivity contribution is 7.14. The molecule has 0 amide bonds. The Kier molecular flexibility index (Phi) is 4.32. The molecule has 2 aromatic rings. The van der Waals surface area contributed by atoms with Gasteiger partial charge >= 0.3 is 0 Å². The van der Waals surface area contributed by atoms with E-state index in [1.54, 1.807) is 11.3 Å². The Balaban J connectivity index is 2.18. The van der Waals surface area contributed by atoms with E-state index in [1.165, 1.54) is 0 Å². The molecule has 0 saturated heterocycles. The molecular weight excluding hydrogens is 266 g/mol. The fourth-order valence-electron chi connectivity index (χ4n) is 1.59. The van der Waals surface area contributed by atoms with E-state index < -0.39 is 0 Å². The molecule has 0 unspecified atom stereocenters. The Labute approximate surface area is 116 Å². The van der Waals surface area contributed by atoms with Crippen LogP contribution in [0.1, 0.15) is 24.4 Å². The molecule has 1 aromatic carbocycles. The molecule has 0 spiro atoms. The molecular formula is C13H16ClN3S. The predicted octanol–water partition coefficient (Wildman–Crippen LogP) is 3.66. The molecule has 0 aliphatic rings. The summed E-state index contributed by atoms with van der Waals surface area (Å²) in [6.07, 6.45) is 0. The number of hydrogen-bond acceptors (Lipinski definition) is 4. The van der Waals surface area contributed by atoms with Crippen LogP contribution in [0.2, 0.25) is 5.02 Å². The third-order valence-corrected chi connectivity index (χ3v) is 3.74. The summed E-state index contributed by atoms with van der Waals surface area (Å²) in [6.45, 7) is 7.03. The number of nitrogens with zero attached hydrogens (tertiary/aromatic N) is 2. The van der Waals surface area contributed by atoms with Gasteiger partial charge in [-0.3, -0.25) is 0 Å². The lowest BCUT2D eigenvalue weighted by Gasteiger charge is -2.04. The van der Waals surface area contributed by atoms with Gasteiger partial charge < -0.3 is 5.32 Å². The number of aryl methyl sites for hydroxylation is 1. The van der Waals surface area contributed by atoms with Crippen molar-refractivity contribution < 1.29 is 0 Å². The minimum atomic E-state index is 0.453. The van der Waals surface area contributed by atoms with Crippen LogP contribution in [0.15, 0.2) is 18.2 Å². The standard InChI is InChI=1S/C13H16ClN3S/c1-8(2)15-7-12-16-17-13(18-12)11-5-4-10(14)6-9(11)3/h4-6,8,15H,7H2,1-3H3. The Hall–Kier alpha value is -0.970. The van der Waals surface area contributed by atoms with Gasteiger partial charge in [-0.25, -0.2) is 0 Å². The topological polar surface area (TPSA) is 37.8 Å². The molecule has 3 nitrogen and oxygen atoms in total. The smallest absolute Gasteiger partial charge is 0.148 e. The summed E-state index contributed by atoms with van der Waals surface area (Å²) in [4.78, 5) is 0. The molecule has 18 heavy (non-hydrogen) atoms. The summed E-state index contributed by atoms with van der Waals surface area (Å²) in [7, 11) is 0. The minimum absolute atomic E-state index is 0.453. The van der Waals surface area contributed by atoms with Crippen molar-refractivity contribution in [3.63, 3.8) is 0 Å². The molecule has 0 bridgehead atoms. The molecule has 1 heterocycles. The molecule has 1 aromatic heterocycles. The van der Waals surface area contributed by atoms with Crippen molar-refractivity contribution in [3.05, 3.63) is 33.8 Å². The van der Waals surface area contributed by atoms with Crippen LogP contribution in [0.25, 0.3) is 10.6 Å². The van der Waals surface area contributed by atoms with Crippen LogP contribution in [-0.4, -0.2) is 16.2 Å². The summed E-state index contributed by atoms with van der Waals surface area (Å²) < 4.78 is 0. The van der Waals surface area contributed by atoms with Crippen LogP contribution >= 0.6 is 22.9 Å². The first-order chi connectivity index (χ1) is 8.56. The van der Waals surface area contributed by atoms with E-state index in [0.29, 0.717) is 6.04 Å².